The predicted octanol–water partition coefficient (Wildman–Crippen LogP) is 2.02. The molecular weight excluding hydrogens is 298 g/mol. The van der Waals surface area contributed by atoms with E-state index in [-0.39, 0.29) is 18.2 Å². The number of nitrogens with zero attached hydrogens (tertiary/aromatic N) is 2. The Bertz CT molecular complexity index is 531. The van der Waals surface area contributed by atoms with Gasteiger partial charge >= 0.3 is 6.09 Å². The minimum absolute atomic E-state index is 0.0428. The minimum atomic E-state index is -0.498. The smallest absolute Gasteiger partial charge is 0.410 e. The van der Waals surface area contributed by atoms with Crippen molar-refractivity contribution in [3.8, 4) is 0 Å². The summed E-state index contributed by atoms with van der Waals surface area (Å²) in [7, 11) is 1.66. The van der Waals surface area contributed by atoms with Crippen LogP contribution in [0.4, 0.5) is 4.79 Å². The molecule has 2 atom stereocenters. The molecule has 1 aromatic heterocycles. The molecule has 1 aliphatic heterocycles. The fourth-order valence-corrected chi connectivity index (χ4v) is 2.67. The quantitative estimate of drug-likeness (QED) is 0.912. The number of carbonyl (C=O) groups excluding carboxylic acids is 1. The molecule has 0 spiro atoms. The summed E-state index contributed by atoms with van der Waals surface area (Å²) in [6, 6.07) is 0.0428. The van der Waals surface area contributed by atoms with Crippen LogP contribution in [0.3, 0.4) is 0 Å². The Morgan fingerprint density at radius 2 is 2.09 bits per heavy atom. The van der Waals surface area contributed by atoms with Crippen LogP contribution in [0.5, 0.6) is 0 Å². The number of aromatic nitrogens is 1. The monoisotopic (exact) mass is 325 g/mol. The van der Waals surface area contributed by atoms with Crippen LogP contribution in [0.1, 0.15) is 37.8 Å². The fourth-order valence-electron chi connectivity index (χ4n) is 2.67. The van der Waals surface area contributed by atoms with Gasteiger partial charge in [0, 0.05) is 25.8 Å². The number of nitrogens with one attached hydrogen (secondary N) is 1. The van der Waals surface area contributed by atoms with Gasteiger partial charge in [0.15, 0.2) is 0 Å². The lowest BCUT2D eigenvalue weighted by atomic mass is 10.1. The average Bonchev–Trinajstić information content (AvgIpc) is 2.99. The number of ether oxygens (including phenoxy) is 2. The Kier molecular flexibility index (Phi) is 5.31. The Morgan fingerprint density at radius 3 is 2.61 bits per heavy atom. The van der Waals surface area contributed by atoms with Crippen molar-refractivity contribution in [2.45, 2.75) is 58.9 Å². The molecule has 7 heteroatoms. The van der Waals surface area contributed by atoms with Crippen molar-refractivity contribution in [2.75, 3.05) is 20.2 Å². The van der Waals surface area contributed by atoms with Crippen LogP contribution in [0, 0.1) is 13.8 Å². The second-order valence-electron chi connectivity index (χ2n) is 6.95. The number of rotatable bonds is 4. The molecule has 7 nitrogen and oxygen atoms in total. The van der Waals surface area contributed by atoms with E-state index in [0.29, 0.717) is 19.6 Å². The van der Waals surface area contributed by atoms with E-state index < -0.39 is 5.60 Å². The van der Waals surface area contributed by atoms with Gasteiger partial charge in [-0.15, -0.1) is 0 Å². The summed E-state index contributed by atoms with van der Waals surface area (Å²) < 4.78 is 16.1. The van der Waals surface area contributed by atoms with Gasteiger partial charge in [0.1, 0.15) is 11.4 Å². The molecule has 1 unspecified atom stereocenters. The van der Waals surface area contributed by atoms with Crippen LogP contribution >= 0.6 is 0 Å². The molecule has 0 bridgehead atoms. The third-order valence-electron chi connectivity index (χ3n) is 3.94. The largest absolute Gasteiger partial charge is 0.444 e. The number of likely N-dealkylation sites (tertiary alicyclic amines) is 1. The molecule has 0 aromatic carbocycles. The molecule has 130 valence electrons. The first-order chi connectivity index (χ1) is 10.7. The second kappa shape index (κ2) is 6.88. The van der Waals surface area contributed by atoms with E-state index in [1.165, 1.54) is 0 Å². The number of methoxy groups -OCH3 is 1. The first-order valence-corrected chi connectivity index (χ1v) is 7.87. The number of hydrogen-bond acceptors (Lipinski definition) is 6. The first kappa shape index (κ1) is 17.7. The molecule has 23 heavy (non-hydrogen) atoms. The number of hydrogen-bond donors (Lipinski definition) is 1. The van der Waals surface area contributed by atoms with Crippen LogP contribution in [-0.2, 0) is 16.0 Å². The summed E-state index contributed by atoms with van der Waals surface area (Å²) in [6.07, 6.45) is -0.371. The Hall–Kier alpha value is -1.60. The van der Waals surface area contributed by atoms with Gasteiger partial charge in [-0.3, -0.25) is 0 Å². The molecular formula is C16H27N3O4. The summed E-state index contributed by atoms with van der Waals surface area (Å²) in [5.74, 6) is 0.811. The highest BCUT2D eigenvalue weighted by Gasteiger charge is 2.37. The Balaban J connectivity index is 1.95. The molecule has 0 saturated carbocycles. The Labute approximate surface area is 137 Å². The van der Waals surface area contributed by atoms with E-state index in [0.717, 1.165) is 17.0 Å². The summed E-state index contributed by atoms with van der Waals surface area (Å²) in [4.78, 5) is 13.9. The molecule has 1 amide bonds. The van der Waals surface area contributed by atoms with Gasteiger partial charge in [-0.1, -0.05) is 5.16 Å². The van der Waals surface area contributed by atoms with Crippen molar-refractivity contribution in [1.82, 2.24) is 15.4 Å². The standard InChI is InChI=1S/C16H27N3O4/c1-10-12(11(2)23-18-10)7-17-13-8-19(9-14(13)21-6)15(20)22-16(3,4)5/h13-14,17H,7-9H2,1-6H3/t13?,14-/m0/s1. The normalized spacial score (nSPS) is 21.7. The number of aryl methyl sites for hydroxylation is 2. The maximum absolute atomic E-state index is 12.2. The first-order valence-electron chi connectivity index (χ1n) is 7.87. The van der Waals surface area contributed by atoms with Gasteiger partial charge in [0.2, 0.25) is 0 Å². The third kappa shape index (κ3) is 4.45. The Morgan fingerprint density at radius 1 is 1.39 bits per heavy atom. The average molecular weight is 325 g/mol. The lowest BCUT2D eigenvalue weighted by molar-refractivity contribution is 0.0252. The molecule has 0 radical (unpaired) electrons. The zero-order valence-corrected chi connectivity index (χ0v) is 14.8. The molecule has 1 N–H and O–H groups in total. The van der Waals surface area contributed by atoms with Crippen molar-refractivity contribution < 1.29 is 18.8 Å². The predicted molar refractivity (Wildman–Crippen MR) is 85.2 cm³/mol. The summed E-state index contributed by atoms with van der Waals surface area (Å²) in [6.45, 7) is 11.1. The van der Waals surface area contributed by atoms with Crippen molar-refractivity contribution in [3.05, 3.63) is 17.0 Å². The van der Waals surface area contributed by atoms with Crippen LogP contribution in [0.25, 0.3) is 0 Å². The maximum Gasteiger partial charge on any atom is 0.410 e. The van der Waals surface area contributed by atoms with Crippen molar-refractivity contribution >= 4 is 6.09 Å². The van der Waals surface area contributed by atoms with Crippen molar-refractivity contribution in [1.29, 1.82) is 0 Å². The zero-order chi connectivity index (χ0) is 17.2. The molecule has 2 heterocycles. The maximum atomic E-state index is 12.2. The number of carbonyl (C=O) groups is 1. The van der Waals surface area contributed by atoms with Gasteiger partial charge in [-0.2, -0.15) is 0 Å². The summed E-state index contributed by atoms with van der Waals surface area (Å²) in [5, 5.41) is 7.39. The molecule has 1 fully saturated rings. The van der Waals surface area contributed by atoms with Gasteiger partial charge in [-0.25, -0.2) is 4.79 Å². The second-order valence-corrected chi connectivity index (χ2v) is 6.95. The van der Waals surface area contributed by atoms with Gasteiger partial charge in [0.25, 0.3) is 0 Å². The van der Waals surface area contributed by atoms with E-state index in [2.05, 4.69) is 10.5 Å². The highest BCUT2D eigenvalue weighted by molar-refractivity contribution is 5.68. The fraction of sp³-hybridized carbons (Fsp3) is 0.750. The van der Waals surface area contributed by atoms with Gasteiger partial charge in [0.05, 0.1) is 24.4 Å². The summed E-state index contributed by atoms with van der Waals surface area (Å²) in [5.41, 5.74) is 1.43. The lowest BCUT2D eigenvalue weighted by Crippen LogP contribution is -2.40. The SMILES string of the molecule is CO[C@H]1CN(C(=O)OC(C)(C)C)CC1NCc1c(C)noc1C. The topological polar surface area (TPSA) is 76.8 Å². The highest BCUT2D eigenvalue weighted by Crippen LogP contribution is 2.19. The third-order valence-corrected chi connectivity index (χ3v) is 3.94. The zero-order valence-electron chi connectivity index (χ0n) is 14.8. The van der Waals surface area contributed by atoms with Crippen LogP contribution in [0.15, 0.2) is 4.52 Å². The van der Waals surface area contributed by atoms with Crippen LogP contribution < -0.4 is 5.32 Å². The summed E-state index contributed by atoms with van der Waals surface area (Å²) >= 11 is 0. The highest BCUT2D eigenvalue weighted by atomic mass is 16.6. The van der Waals surface area contributed by atoms with Gasteiger partial charge < -0.3 is 24.2 Å². The van der Waals surface area contributed by atoms with E-state index in [1.807, 2.05) is 34.6 Å². The number of amides is 1. The van der Waals surface area contributed by atoms with E-state index in [4.69, 9.17) is 14.0 Å². The van der Waals surface area contributed by atoms with Crippen molar-refractivity contribution in [3.63, 3.8) is 0 Å². The molecule has 1 saturated heterocycles. The molecule has 0 aliphatic carbocycles. The molecule has 1 aromatic rings. The van der Waals surface area contributed by atoms with Crippen molar-refractivity contribution in [2.24, 2.45) is 0 Å². The molecule has 2 rings (SSSR count). The van der Waals surface area contributed by atoms with E-state index in [9.17, 15) is 4.79 Å². The van der Waals surface area contributed by atoms with Crippen LogP contribution in [0.2, 0.25) is 0 Å². The van der Waals surface area contributed by atoms with Gasteiger partial charge in [-0.05, 0) is 34.6 Å². The minimum Gasteiger partial charge on any atom is -0.444 e. The molecule has 1 aliphatic rings. The van der Waals surface area contributed by atoms with Crippen LogP contribution in [-0.4, -0.2) is 54.1 Å². The lowest BCUT2D eigenvalue weighted by Gasteiger charge is -2.24. The van der Waals surface area contributed by atoms with E-state index >= 15 is 0 Å². The van der Waals surface area contributed by atoms with E-state index in [1.54, 1.807) is 12.0 Å².